The summed E-state index contributed by atoms with van der Waals surface area (Å²) >= 11 is 0. The third kappa shape index (κ3) is 4.30. The van der Waals surface area contributed by atoms with Gasteiger partial charge >= 0.3 is 0 Å². The minimum atomic E-state index is 0.533. The molecule has 0 aromatic carbocycles. The van der Waals surface area contributed by atoms with E-state index in [0.717, 1.165) is 5.82 Å². The predicted octanol–water partition coefficient (Wildman–Crippen LogP) is 3.59. The van der Waals surface area contributed by atoms with Crippen molar-refractivity contribution in [2.45, 2.75) is 57.9 Å². The molecule has 1 heterocycles. The highest BCUT2D eigenvalue weighted by atomic mass is 16.5. The first kappa shape index (κ1) is 14.0. The molecule has 0 unspecified atom stereocenters. The van der Waals surface area contributed by atoms with Crippen molar-refractivity contribution in [3.63, 3.8) is 0 Å². The van der Waals surface area contributed by atoms with Gasteiger partial charge in [-0.15, -0.1) is 0 Å². The summed E-state index contributed by atoms with van der Waals surface area (Å²) in [6.45, 7) is 2.53. The molecule has 0 radical (unpaired) electrons. The van der Waals surface area contributed by atoms with Crippen LogP contribution in [0.15, 0.2) is 12.1 Å². The van der Waals surface area contributed by atoms with Gasteiger partial charge in [-0.3, -0.25) is 0 Å². The van der Waals surface area contributed by atoms with Gasteiger partial charge in [0.25, 0.3) is 0 Å². The molecule has 1 aliphatic rings. The van der Waals surface area contributed by atoms with Gasteiger partial charge in [0.05, 0.1) is 12.3 Å². The van der Waals surface area contributed by atoms with Gasteiger partial charge in [0.2, 0.25) is 5.88 Å². The Kier molecular flexibility index (Phi) is 5.31. The highest BCUT2D eigenvalue weighted by molar-refractivity contribution is 5.53. The summed E-state index contributed by atoms with van der Waals surface area (Å²) in [6.07, 6.45) is 9.19. The molecule has 1 aromatic heterocycles. The number of ether oxygens (including phenoxy) is 1. The second-order valence-corrected chi connectivity index (χ2v) is 5.21. The SMILES string of the molecule is CCOc1nc(NC2CCCCCCC2)ccc1N. The fourth-order valence-corrected chi connectivity index (χ4v) is 2.59. The van der Waals surface area contributed by atoms with E-state index in [1.807, 2.05) is 19.1 Å². The summed E-state index contributed by atoms with van der Waals surface area (Å²) in [7, 11) is 0. The molecule has 2 rings (SSSR count). The predicted molar refractivity (Wildman–Crippen MR) is 79.5 cm³/mol. The van der Waals surface area contributed by atoms with Crippen LogP contribution < -0.4 is 15.8 Å². The minimum absolute atomic E-state index is 0.533. The minimum Gasteiger partial charge on any atom is -0.476 e. The van der Waals surface area contributed by atoms with E-state index < -0.39 is 0 Å². The second-order valence-electron chi connectivity index (χ2n) is 5.21. The van der Waals surface area contributed by atoms with Gasteiger partial charge in [-0.1, -0.05) is 32.1 Å². The number of nitrogens with two attached hydrogens (primary N) is 1. The first-order chi connectivity index (χ1) is 9.29. The molecule has 0 amide bonds. The van der Waals surface area contributed by atoms with Crippen LogP contribution in [0.25, 0.3) is 0 Å². The molecular weight excluding hydrogens is 238 g/mol. The zero-order valence-corrected chi connectivity index (χ0v) is 11.8. The fourth-order valence-electron chi connectivity index (χ4n) is 2.59. The van der Waals surface area contributed by atoms with Crippen molar-refractivity contribution < 1.29 is 4.74 Å². The standard InChI is InChI=1S/C15H25N3O/c1-2-19-15-13(16)10-11-14(18-15)17-12-8-6-4-3-5-7-9-12/h10-12H,2-9,16H2,1H3,(H,17,18). The Morgan fingerprint density at radius 1 is 1.21 bits per heavy atom. The number of nitrogens with zero attached hydrogens (tertiary/aromatic N) is 1. The molecule has 3 N–H and O–H groups in total. The quantitative estimate of drug-likeness (QED) is 0.871. The van der Waals surface area contributed by atoms with Crippen molar-refractivity contribution in [2.75, 3.05) is 17.7 Å². The molecule has 1 saturated carbocycles. The van der Waals surface area contributed by atoms with Gasteiger partial charge in [-0.05, 0) is 31.9 Å². The van der Waals surface area contributed by atoms with E-state index in [4.69, 9.17) is 10.5 Å². The highest BCUT2D eigenvalue weighted by Crippen LogP contribution is 2.24. The van der Waals surface area contributed by atoms with Crippen LogP contribution in [0.1, 0.15) is 51.9 Å². The Morgan fingerprint density at radius 3 is 2.58 bits per heavy atom. The second kappa shape index (κ2) is 7.22. The zero-order valence-electron chi connectivity index (χ0n) is 11.8. The molecule has 0 saturated heterocycles. The first-order valence-corrected chi connectivity index (χ1v) is 7.45. The van der Waals surface area contributed by atoms with Crippen LogP contribution >= 0.6 is 0 Å². The van der Waals surface area contributed by atoms with E-state index in [1.165, 1.54) is 44.9 Å². The zero-order chi connectivity index (χ0) is 13.5. The number of pyridine rings is 1. The molecule has 0 atom stereocenters. The molecular formula is C15H25N3O. The van der Waals surface area contributed by atoms with E-state index in [2.05, 4.69) is 10.3 Å². The van der Waals surface area contributed by atoms with Gasteiger partial charge in [-0.25, -0.2) is 0 Å². The summed E-state index contributed by atoms with van der Waals surface area (Å²) in [4.78, 5) is 4.45. The van der Waals surface area contributed by atoms with E-state index in [9.17, 15) is 0 Å². The largest absolute Gasteiger partial charge is 0.476 e. The Labute approximate surface area is 115 Å². The number of rotatable bonds is 4. The van der Waals surface area contributed by atoms with Crippen LogP contribution in [0.2, 0.25) is 0 Å². The molecule has 0 spiro atoms. The van der Waals surface area contributed by atoms with Crippen LogP contribution in [-0.4, -0.2) is 17.6 Å². The average Bonchev–Trinajstić information content (AvgIpc) is 2.37. The number of hydrogen-bond acceptors (Lipinski definition) is 4. The van der Waals surface area contributed by atoms with Crippen LogP contribution in [0.4, 0.5) is 11.5 Å². The van der Waals surface area contributed by atoms with Gasteiger partial charge in [0.15, 0.2) is 0 Å². The Balaban J connectivity index is 1.98. The van der Waals surface area contributed by atoms with Crippen molar-refractivity contribution >= 4 is 11.5 Å². The summed E-state index contributed by atoms with van der Waals surface area (Å²) in [6, 6.07) is 4.34. The van der Waals surface area contributed by atoms with Crippen LogP contribution in [0, 0.1) is 0 Å². The maximum atomic E-state index is 5.84. The molecule has 106 valence electrons. The summed E-state index contributed by atoms with van der Waals surface area (Å²) in [5, 5.41) is 3.53. The Hall–Kier alpha value is -1.45. The molecule has 19 heavy (non-hydrogen) atoms. The van der Waals surface area contributed by atoms with Crippen molar-refractivity contribution in [3.05, 3.63) is 12.1 Å². The topological polar surface area (TPSA) is 60.2 Å². The molecule has 0 aliphatic heterocycles. The van der Waals surface area contributed by atoms with Gasteiger partial charge in [-0.2, -0.15) is 4.98 Å². The van der Waals surface area contributed by atoms with Crippen LogP contribution in [0.5, 0.6) is 5.88 Å². The molecule has 1 fully saturated rings. The van der Waals surface area contributed by atoms with Crippen molar-refractivity contribution in [1.29, 1.82) is 0 Å². The summed E-state index contributed by atoms with van der Waals surface area (Å²) < 4.78 is 5.44. The summed E-state index contributed by atoms with van der Waals surface area (Å²) in [5.74, 6) is 1.42. The smallest absolute Gasteiger partial charge is 0.239 e. The lowest BCUT2D eigenvalue weighted by molar-refractivity contribution is 0.329. The maximum absolute atomic E-state index is 5.84. The molecule has 0 bridgehead atoms. The lowest BCUT2D eigenvalue weighted by Crippen LogP contribution is -2.21. The van der Waals surface area contributed by atoms with Gasteiger partial charge in [0, 0.05) is 6.04 Å². The van der Waals surface area contributed by atoms with E-state index in [0.29, 0.717) is 24.2 Å². The summed E-state index contributed by atoms with van der Waals surface area (Å²) in [5.41, 5.74) is 6.44. The fraction of sp³-hybridized carbons (Fsp3) is 0.667. The van der Waals surface area contributed by atoms with Crippen molar-refractivity contribution in [3.8, 4) is 5.88 Å². The monoisotopic (exact) mass is 263 g/mol. The molecule has 4 nitrogen and oxygen atoms in total. The maximum Gasteiger partial charge on any atom is 0.239 e. The average molecular weight is 263 g/mol. The molecule has 4 heteroatoms. The van der Waals surface area contributed by atoms with E-state index >= 15 is 0 Å². The number of nitrogens with one attached hydrogen (secondary N) is 1. The highest BCUT2D eigenvalue weighted by Gasteiger charge is 2.12. The Morgan fingerprint density at radius 2 is 1.89 bits per heavy atom. The van der Waals surface area contributed by atoms with Gasteiger partial charge in [0.1, 0.15) is 5.82 Å². The normalized spacial score (nSPS) is 17.5. The molecule has 1 aliphatic carbocycles. The lowest BCUT2D eigenvalue weighted by atomic mass is 9.97. The third-order valence-corrected chi connectivity index (χ3v) is 3.63. The number of hydrogen-bond donors (Lipinski definition) is 2. The first-order valence-electron chi connectivity index (χ1n) is 7.45. The van der Waals surface area contributed by atoms with Crippen LogP contribution in [0.3, 0.4) is 0 Å². The number of nitrogen functional groups attached to an aromatic ring is 1. The van der Waals surface area contributed by atoms with E-state index in [1.54, 1.807) is 0 Å². The van der Waals surface area contributed by atoms with Crippen molar-refractivity contribution in [2.24, 2.45) is 0 Å². The molecule has 1 aromatic rings. The lowest BCUT2D eigenvalue weighted by Gasteiger charge is -2.22. The number of anilines is 2. The third-order valence-electron chi connectivity index (χ3n) is 3.63. The van der Waals surface area contributed by atoms with E-state index in [-0.39, 0.29) is 0 Å². The van der Waals surface area contributed by atoms with Crippen molar-refractivity contribution in [1.82, 2.24) is 4.98 Å². The van der Waals surface area contributed by atoms with Gasteiger partial charge < -0.3 is 15.8 Å². The number of aromatic nitrogens is 1. The van der Waals surface area contributed by atoms with Crippen LogP contribution in [-0.2, 0) is 0 Å². The Bertz CT molecular complexity index is 387.